The van der Waals surface area contributed by atoms with E-state index in [1.165, 1.54) is 0 Å². The van der Waals surface area contributed by atoms with Crippen LogP contribution in [0.15, 0.2) is 35.1 Å². The molecule has 2 N–H and O–H groups in total. The number of hydrogen-bond donors (Lipinski definition) is 2. The second-order valence-electron chi connectivity index (χ2n) is 5.29. The maximum absolute atomic E-state index is 12.0. The van der Waals surface area contributed by atoms with E-state index in [0.717, 1.165) is 5.56 Å². The lowest BCUT2D eigenvalue weighted by Gasteiger charge is -1.98. The van der Waals surface area contributed by atoms with E-state index < -0.39 is 0 Å². The zero-order valence-corrected chi connectivity index (χ0v) is 12.8. The van der Waals surface area contributed by atoms with Gasteiger partial charge in [0, 0.05) is 29.9 Å². The van der Waals surface area contributed by atoms with Crippen LogP contribution in [0.2, 0.25) is 0 Å². The molecule has 0 saturated carbocycles. The van der Waals surface area contributed by atoms with Gasteiger partial charge >= 0.3 is 0 Å². The van der Waals surface area contributed by atoms with Crippen LogP contribution >= 0.6 is 0 Å². The minimum Gasteiger partial charge on any atom is -0.360 e. The highest BCUT2D eigenvalue weighted by atomic mass is 16.5. The van der Waals surface area contributed by atoms with E-state index in [2.05, 4.69) is 30.6 Å². The third kappa shape index (κ3) is 3.42. The van der Waals surface area contributed by atoms with Crippen molar-refractivity contribution in [2.45, 2.75) is 26.3 Å². The second-order valence-corrected chi connectivity index (χ2v) is 5.29. The van der Waals surface area contributed by atoms with Gasteiger partial charge in [0.05, 0.1) is 6.54 Å². The van der Waals surface area contributed by atoms with Gasteiger partial charge in [-0.25, -0.2) is 4.98 Å². The normalized spacial score (nSPS) is 10.9. The number of amides is 1. The SMILES string of the molecule is CC(C)c1cc(C(=O)NCc2nc(-c3ccncc3)n[nH]2)no1. The van der Waals surface area contributed by atoms with Crippen LogP contribution in [0.4, 0.5) is 0 Å². The highest BCUT2D eigenvalue weighted by Crippen LogP contribution is 2.15. The monoisotopic (exact) mass is 312 g/mol. The summed E-state index contributed by atoms with van der Waals surface area (Å²) in [5.41, 5.74) is 1.11. The number of aromatic nitrogens is 5. The van der Waals surface area contributed by atoms with Gasteiger partial charge in [-0.15, -0.1) is 0 Å². The third-order valence-electron chi connectivity index (χ3n) is 3.22. The van der Waals surface area contributed by atoms with Crippen molar-refractivity contribution < 1.29 is 9.32 Å². The summed E-state index contributed by atoms with van der Waals surface area (Å²) in [5.74, 6) is 1.65. The zero-order chi connectivity index (χ0) is 16.2. The molecule has 8 heteroatoms. The number of aromatic amines is 1. The van der Waals surface area contributed by atoms with Crippen LogP contribution in [-0.2, 0) is 6.54 Å². The fourth-order valence-corrected chi connectivity index (χ4v) is 1.93. The lowest BCUT2D eigenvalue weighted by Crippen LogP contribution is -2.23. The molecule has 0 aliphatic rings. The summed E-state index contributed by atoms with van der Waals surface area (Å²) in [5, 5.41) is 13.4. The van der Waals surface area contributed by atoms with Gasteiger partial charge in [-0.1, -0.05) is 19.0 Å². The Morgan fingerprint density at radius 3 is 2.83 bits per heavy atom. The first-order valence-corrected chi connectivity index (χ1v) is 7.20. The minimum absolute atomic E-state index is 0.182. The topological polar surface area (TPSA) is 110 Å². The summed E-state index contributed by atoms with van der Waals surface area (Å²) in [6.45, 7) is 4.16. The van der Waals surface area contributed by atoms with Crippen molar-refractivity contribution in [3.05, 3.63) is 47.9 Å². The number of pyridine rings is 1. The number of carbonyl (C=O) groups is 1. The quantitative estimate of drug-likeness (QED) is 0.744. The molecule has 8 nitrogen and oxygen atoms in total. The predicted octanol–water partition coefficient (Wildman–Crippen LogP) is 1.91. The average Bonchev–Trinajstić information content (AvgIpc) is 3.23. The molecule has 3 rings (SSSR count). The number of hydrogen-bond acceptors (Lipinski definition) is 6. The molecular weight excluding hydrogens is 296 g/mol. The van der Waals surface area contributed by atoms with Gasteiger partial charge in [-0.2, -0.15) is 5.10 Å². The van der Waals surface area contributed by atoms with E-state index in [4.69, 9.17) is 4.52 Å². The first-order valence-electron chi connectivity index (χ1n) is 7.20. The highest BCUT2D eigenvalue weighted by Gasteiger charge is 2.15. The molecular formula is C15H16N6O2. The number of H-pyrrole nitrogens is 1. The molecule has 0 fully saturated rings. The number of nitrogens with one attached hydrogen (secondary N) is 2. The Bertz CT molecular complexity index is 793. The maximum Gasteiger partial charge on any atom is 0.273 e. The number of carbonyl (C=O) groups excluding carboxylic acids is 1. The fraction of sp³-hybridized carbons (Fsp3) is 0.267. The molecule has 23 heavy (non-hydrogen) atoms. The maximum atomic E-state index is 12.0. The number of nitrogens with zero attached hydrogens (tertiary/aromatic N) is 4. The smallest absolute Gasteiger partial charge is 0.273 e. The molecule has 0 aromatic carbocycles. The third-order valence-corrected chi connectivity index (χ3v) is 3.22. The van der Waals surface area contributed by atoms with Crippen molar-refractivity contribution in [2.75, 3.05) is 0 Å². The molecule has 0 saturated heterocycles. The van der Waals surface area contributed by atoms with Crippen molar-refractivity contribution in [1.82, 2.24) is 30.6 Å². The lowest BCUT2D eigenvalue weighted by molar-refractivity contribution is 0.0940. The summed E-state index contributed by atoms with van der Waals surface area (Å²) < 4.78 is 5.11. The van der Waals surface area contributed by atoms with E-state index >= 15 is 0 Å². The van der Waals surface area contributed by atoms with Crippen molar-refractivity contribution in [3.8, 4) is 11.4 Å². The Kier molecular flexibility index (Phi) is 4.13. The summed E-state index contributed by atoms with van der Waals surface area (Å²) >= 11 is 0. The van der Waals surface area contributed by atoms with Crippen LogP contribution in [-0.4, -0.2) is 31.2 Å². The Labute approximate surface area is 132 Å². The van der Waals surface area contributed by atoms with Crippen LogP contribution in [0, 0.1) is 0 Å². The predicted molar refractivity (Wildman–Crippen MR) is 81.4 cm³/mol. The Morgan fingerprint density at radius 2 is 2.13 bits per heavy atom. The largest absolute Gasteiger partial charge is 0.360 e. The molecule has 0 spiro atoms. The molecule has 0 bridgehead atoms. The van der Waals surface area contributed by atoms with Gasteiger partial charge in [0.2, 0.25) is 0 Å². The molecule has 1 amide bonds. The first kappa shape index (κ1) is 14.9. The lowest BCUT2D eigenvalue weighted by atomic mass is 10.1. The van der Waals surface area contributed by atoms with Crippen LogP contribution < -0.4 is 5.32 Å². The standard InChI is InChI=1S/C15H16N6O2/c1-9(2)12-7-11(21-23-12)15(22)17-8-13-18-14(20-19-13)10-3-5-16-6-4-10/h3-7,9H,8H2,1-2H3,(H,17,22)(H,18,19,20). The molecule has 0 radical (unpaired) electrons. The molecule has 0 atom stereocenters. The fourth-order valence-electron chi connectivity index (χ4n) is 1.93. The molecule has 3 aromatic heterocycles. The summed E-state index contributed by atoms with van der Waals surface area (Å²) in [4.78, 5) is 20.3. The molecule has 3 aromatic rings. The van der Waals surface area contributed by atoms with Crippen molar-refractivity contribution in [3.63, 3.8) is 0 Å². The van der Waals surface area contributed by atoms with E-state index in [0.29, 0.717) is 17.4 Å². The second kappa shape index (κ2) is 6.39. The van der Waals surface area contributed by atoms with Crippen LogP contribution in [0.5, 0.6) is 0 Å². The Hall–Kier alpha value is -3.03. The summed E-state index contributed by atoms with van der Waals surface area (Å²) in [6, 6.07) is 5.27. The van der Waals surface area contributed by atoms with Gasteiger partial charge in [-0.3, -0.25) is 14.9 Å². The average molecular weight is 312 g/mol. The molecule has 3 heterocycles. The highest BCUT2D eigenvalue weighted by molar-refractivity contribution is 5.92. The minimum atomic E-state index is -0.317. The Morgan fingerprint density at radius 1 is 1.35 bits per heavy atom. The van der Waals surface area contributed by atoms with Crippen molar-refractivity contribution in [2.24, 2.45) is 0 Å². The molecule has 0 aliphatic carbocycles. The van der Waals surface area contributed by atoms with Gasteiger partial charge in [0.15, 0.2) is 11.5 Å². The van der Waals surface area contributed by atoms with Gasteiger partial charge in [0.1, 0.15) is 11.6 Å². The van der Waals surface area contributed by atoms with E-state index in [9.17, 15) is 4.79 Å². The van der Waals surface area contributed by atoms with Gasteiger partial charge < -0.3 is 9.84 Å². The molecule has 118 valence electrons. The van der Waals surface area contributed by atoms with Crippen LogP contribution in [0.3, 0.4) is 0 Å². The van der Waals surface area contributed by atoms with Gasteiger partial charge in [-0.05, 0) is 12.1 Å². The first-order chi connectivity index (χ1) is 11.1. The van der Waals surface area contributed by atoms with Gasteiger partial charge in [0.25, 0.3) is 5.91 Å². The van der Waals surface area contributed by atoms with Crippen LogP contribution in [0.25, 0.3) is 11.4 Å². The van der Waals surface area contributed by atoms with E-state index in [-0.39, 0.29) is 24.1 Å². The van der Waals surface area contributed by atoms with E-state index in [1.807, 2.05) is 26.0 Å². The Balaban J connectivity index is 1.62. The zero-order valence-electron chi connectivity index (χ0n) is 12.8. The molecule has 0 aliphatic heterocycles. The number of rotatable bonds is 5. The van der Waals surface area contributed by atoms with E-state index in [1.54, 1.807) is 18.5 Å². The summed E-state index contributed by atoms with van der Waals surface area (Å²) in [6.07, 6.45) is 3.34. The van der Waals surface area contributed by atoms with Crippen LogP contribution in [0.1, 0.15) is 41.8 Å². The van der Waals surface area contributed by atoms with Crippen molar-refractivity contribution >= 4 is 5.91 Å². The molecule has 0 unspecified atom stereocenters. The summed E-state index contributed by atoms with van der Waals surface area (Å²) in [7, 11) is 0. The van der Waals surface area contributed by atoms with Crippen molar-refractivity contribution in [1.29, 1.82) is 0 Å².